The van der Waals surface area contributed by atoms with E-state index < -0.39 is 0 Å². The predicted octanol–water partition coefficient (Wildman–Crippen LogP) is 6.76. The van der Waals surface area contributed by atoms with E-state index in [9.17, 15) is 9.90 Å². The Bertz CT molecular complexity index is 1430. The first-order valence-corrected chi connectivity index (χ1v) is 13.2. The summed E-state index contributed by atoms with van der Waals surface area (Å²) >= 11 is 0. The number of fused-ring (bicyclic) bond motifs is 1. The van der Waals surface area contributed by atoms with Gasteiger partial charge >= 0.3 is 0 Å². The Kier molecular flexibility index (Phi) is 8.47. The van der Waals surface area contributed by atoms with E-state index >= 15 is 0 Å². The number of aromatic nitrogens is 1. The van der Waals surface area contributed by atoms with Gasteiger partial charge in [0, 0.05) is 48.7 Å². The smallest absolute Gasteiger partial charge is 0.253 e. The number of hydrogen-bond acceptors (Lipinski definition) is 4. The molecule has 1 saturated carbocycles. The molecule has 0 radical (unpaired) electrons. The maximum absolute atomic E-state index is 12.6. The second kappa shape index (κ2) is 11.9. The van der Waals surface area contributed by atoms with E-state index in [0.29, 0.717) is 13.1 Å². The van der Waals surface area contributed by atoms with Crippen LogP contribution in [0.4, 0.5) is 11.4 Å². The van der Waals surface area contributed by atoms with Crippen LogP contribution in [0.2, 0.25) is 0 Å². The van der Waals surface area contributed by atoms with Crippen molar-refractivity contribution in [3.8, 4) is 11.1 Å². The van der Waals surface area contributed by atoms with Crippen LogP contribution in [0.25, 0.3) is 27.7 Å². The molecule has 0 unspecified atom stereocenters. The first-order chi connectivity index (χ1) is 18.1. The van der Waals surface area contributed by atoms with E-state index in [1.165, 1.54) is 28.0 Å². The number of aryl methyl sites for hydroxylation is 1. The van der Waals surface area contributed by atoms with Gasteiger partial charge in [-0.3, -0.25) is 4.79 Å². The lowest BCUT2D eigenvalue weighted by atomic mass is 10.0. The average Bonchev–Trinajstić information content (AvgIpc) is 3.79. The zero-order valence-electron chi connectivity index (χ0n) is 22.3. The maximum atomic E-state index is 12.6. The lowest BCUT2D eigenvalue weighted by Crippen LogP contribution is -2.21. The van der Waals surface area contributed by atoms with Gasteiger partial charge in [0.05, 0.1) is 12.1 Å². The van der Waals surface area contributed by atoms with Crippen LogP contribution >= 0.6 is 0 Å². The number of rotatable bonds is 8. The number of pyridine rings is 1. The molecule has 37 heavy (non-hydrogen) atoms. The van der Waals surface area contributed by atoms with Crippen LogP contribution in [0, 0.1) is 0 Å². The molecule has 1 aliphatic carbocycles. The summed E-state index contributed by atoms with van der Waals surface area (Å²) in [4.78, 5) is 14.9. The quantitative estimate of drug-likeness (QED) is 0.284. The summed E-state index contributed by atoms with van der Waals surface area (Å²) in [6.45, 7) is 6.99. The third kappa shape index (κ3) is 5.62. The summed E-state index contributed by atoms with van der Waals surface area (Å²) in [6.07, 6.45) is 2.23. The van der Waals surface area contributed by atoms with Gasteiger partial charge in [-0.2, -0.15) is 0 Å². The molecule has 192 valence electrons. The number of allylic oxidation sites excluding steroid dienone is 1. The SMILES string of the molecule is CC.CCn1c(=O)cc(NCCO)c2cc(N(C)C(=C3CC3)c3ccc(-c4ccccc4)cc3)ccc21. The van der Waals surface area contributed by atoms with Crippen LogP contribution in [-0.4, -0.2) is 29.9 Å². The number of aliphatic hydroxyl groups is 1. The molecule has 0 spiro atoms. The minimum Gasteiger partial charge on any atom is -0.395 e. The molecule has 5 heteroatoms. The summed E-state index contributed by atoms with van der Waals surface area (Å²) in [7, 11) is 2.11. The molecule has 1 aromatic heterocycles. The highest BCUT2D eigenvalue weighted by atomic mass is 16.3. The molecule has 5 rings (SSSR count). The second-order valence-corrected chi connectivity index (χ2v) is 8.95. The van der Waals surface area contributed by atoms with Gasteiger partial charge in [-0.1, -0.05) is 68.4 Å². The van der Waals surface area contributed by atoms with E-state index in [2.05, 4.69) is 77.9 Å². The topological polar surface area (TPSA) is 57.5 Å². The third-order valence-corrected chi connectivity index (χ3v) is 6.66. The normalized spacial score (nSPS) is 12.1. The molecule has 0 saturated heterocycles. The van der Waals surface area contributed by atoms with Crippen molar-refractivity contribution in [2.24, 2.45) is 0 Å². The van der Waals surface area contributed by atoms with Gasteiger partial charge in [0.25, 0.3) is 5.56 Å². The molecule has 4 aromatic rings. The van der Waals surface area contributed by atoms with Gasteiger partial charge in [-0.15, -0.1) is 0 Å². The van der Waals surface area contributed by atoms with Crippen molar-refractivity contribution in [3.63, 3.8) is 0 Å². The number of aliphatic hydroxyl groups excluding tert-OH is 1. The number of nitrogens with one attached hydrogen (secondary N) is 1. The summed E-state index contributed by atoms with van der Waals surface area (Å²) in [5, 5.41) is 13.5. The molecule has 5 nitrogen and oxygen atoms in total. The van der Waals surface area contributed by atoms with Gasteiger partial charge in [0.15, 0.2) is 0 Å². The van der Waals surface area contributed by atoms with Crippen molar-refractivity contribution in [1.29, 1.82) is 0 Å². The molecule has 1 heterocycles. The van der Waals surface area contributed by atoms with Crippen LogP contribution in [0.1, 0.15) is 39.2 Å². The molecule has 0 bridgehead atoms. The monoisotopic (exact) mass is 495 g/mol. The Morgan fingerprint density at radius 1 is 0.946 bits per heavy atom. The zero-order valence-corrected chi connectivity index (χ0v) is 22.3. The molecule has 0 amide bonds. The van der Waals surface area contributed by atoms with E-state index in [-0.39, 0.29) is 12.2 Å². The lowest BCUT2D eigenvalue weighted by molar-refractivity contribution is 0.311. The minimum absolute atomic E-state index is 0.00712. The highest BCUT2D eigenvalue weighted by Crippen LogP contribution is 2.40. The van der Waals surface area contributed by atoms with Crippen molar-refractivity contribution in [2.45, 2.75) is 40.2 Å². The van der Waals surface area contributed by atoms with Crippen molar-refractivity contribution < 1.29 is 5.11 Å². The highest BCUT2D eigenvalue weighted by Gasteiger charge is 2.23. The van der Waals surface area contributed by atoms with Gasteiger partial charge in [-0.25, -0.2) is 0 Å². The van der Waals surface area contributed by atoms with Crippen LogP contribution in [0.3, 0.4) is 0 Å². The number of nitrogens with zero attached hydrogens (tertiary/aromatic N) is 2. The summed E-state index contributed by atoms with van der Waals surface area (Å²) < 4.78 is 1.78. The Morgan fingerprint density at radius 2 is 1.62 bits per heavy atom. The number of hydrogen-bond donors (Lipinski definition) is 2. The summed E-state index contributed by atoms with van der Waals surface area (Å²) in [5.41, 5.74) is 9.00. The van der Waals surface area contributed by atoms with Crippen molar-refractivity contribution in [1.82, 2.24) is 4.57 Å². The van der Waals surface area contributed by atoms with Crippen molar-refractivity contribution in [3.05, 3.63) is 100 Å². The zero-order chi connectivity index (χ0) is 26.4. The van der Waals surface area contributed by atoms with Gasteiger partial charge in [-0.05, 0) is 60.2 Å². The first-order valence-electron chi connectivity index (χ1n) is 13.2. The third-order valence-electron chi connectivity index (χ3n) is 6.66. The van der Waals surface area contributed by atoms with E-state index in [4.69, 9.17) is 0 Å². The molecular weight excluding hydrogens is 458 g/mol. The fraction of sp³-hybridized carbons (Fsp3) is 0.281. The van der Waals surface area contributed by atoms with E-state index in [1.807, 2.05) is 32.9 Å². The molecule has 2 N–H and O–H groups in total. The summed E-state index contributed by atoms with van der Waals surface area (Å²) in [5.74, 6) is 0. The molecule has 0 atom stereocenters. The van der Waals surface area contributed by atoms with Crippen LogP contribution < -0.4 is 15.8 Å². The lowest BCUT2D eigenvalue weighted by Gasteiger charge is -2.25. The van der Waals surface area contributed by atoms with Gasteiger partial charge in [0.1, 0.15) is 0 Å². The first kappa shape index (κ1) is 26.2. The standard InChI is InChI=1S/C30H31N3O2.C2H6/c1-3-33-28-16-15-25(19-26(28)27(20-29(33)35)31-17-18-34)32(2)30(24-13-14-24)23-11-9-22(10-12-23)21-7-5-4-6-8-21;1-2/h4-12,15-16,19-20,31,34H,3,13-14,17-18H2,1-2H3;1-2H3. The van der Waals surface area contributed by atoms with Crippen LogP contribution in [0.5, 0.6) is 0 Å². The van der Waals surface area contributed by atoms with Crippen molar-refractivity contribution >= 4 is 28.0 Å². The molecular formula is C32H37N3O2. The predicted molar refractivity (Wildman–Crippen MR) is 157 cm³/mol. The molecule has 0 aliphatic heterocycles. The fourth-order valence-corrected chi connectivity index (χ4v) is 4.76. The maximum Gasteiger partial charge on any atom is 0.253 e. The highest BCUT2D eigenvalue weighted by molar-refractivity contribution is 5.96. The second-order valence-electron chi connectivity index (χ2n) is 8.95. The van der Waals surface area contributed by atoms with E-state index in [0.717, 1.165) is 35.1 Å². The van der Waals surface area contributed by atoms with Crippen LogP contribution in [0.15, 0.2) is 89.2 Å². The number of benzene rings is 3. The van der Waals surface area contributed by atoms with E-state index in [1.54, 1.807) is 10.6 Å². The average molecular weight is 496 g/mol. The molecule has 1 aliphatic rings. The van der Waals surface area contributed by atoms with Crippen molar-refractivity contribution in [2.75, 3.05) is 30.4 Å². The fourth-order valence-electron chi connectivity index (χ4n) is 4.76. The molecule has 3 aromatic carbocycles. The minimum atomic E-state index is -0.0409. The Hall–Kier alpha value is -3.83. The Morgan fingerprint density at radius 3 is 2.24 bits per heavy atom. The largest absolute Gasteiger partial charge is 0.395 e. The number of anilines is 2. The van der Waals surface area contributed by atoms with Gasteiger partial charge < -0.3 is 19.9 Å². The summed E-state index contributed by atoms with van der Waals surface area (Å²) in [6, 6.07) is 27.1. The Labute approximate surface area is 219 Å². The molecule has 1 fully saturated rings. The van der Waals surface area contributed by atoms with Gasteiger partial charge in [0.2, 0.25) is 0 Å². The van der Waals surface area contributed by atoms with Crippen LogP contribution in [-0.2, 0) is 6.54 Å². The Balaban J connectivity index is 0.00000156.